The monoisotopic (exact) mass is 535 g/mol. The number of rotatable bonds is 8. The number of carbonyl (C=O) groups is 4. The highest BCUT2D eigenvalue weighted by Gasteiger charge is 2.36. The van der Waals surface area contributed by atoms with Crippen LogP contribution >= 0.6 is 23.4 Å². The van der Waals surface area contributed by atoms with E-state index in [0.717, 1.165) is 10.5 Å². The maximum absolute atomic E-state index is 12.9. The minimum absolute atomic E-state index is 0.105. The van der Waals surface area contributed by atoms with Crippen molar-refractivity contribution in [1.29, 1.82) is 0 Å². The molecule has 8 nitrogen and oxygen atoms in total. The largest absolute Gasteiger partial charge is 0.483 e. The molecule has 4 amide bonds. The molecule has 10 heteroatoms. The van der Waals surface area contributed by atoms with Gasteiger partial charge in [-0.1, -0.05) is 41.9 Å². The van der Waals surface area contributed by atoms with Crippen LogP contribution in [0.3, 0.4) is 0 Å². The van der Waals surface area contributed by atoms with Crippen LogP contribution in [0.4, 0.5) is 16.2 Å². The van der Waals surface area contributed by atoms with E-state index in [1.807, 2.05) is 25.1 Å². The molecule has 1 fully saturated rings. The molecule has 0 unspecified atom stereocenters. The van der Waals surface area contributed by atoms with Gasteiger partial charge in [0.1, 0.15) is 12.3 Å². The Kier molecular flexibility index (Phi) is 8.27. The van der Waals surface area contributed by atoms with Crippen molar-refractivity contribution in [2.45, 2.75) is 6.92 Å². The molecule has 188 valence electrons. The van der Waals surface area contributed by atoms with Crippen LogP contribution in [0.25, 0.3) is 6.08 Å². The third-order valence-corrected chi connectivity index (χ3v) is 6.29. The molecule has 3 aromatic carbocycles. The highest BCUT2D eigenvalue weighted by Crippen LogP contribution is 2.34. The lowest BCUT2D eigenvalue weighted by Gasteiger charge is -2.12. The average Bonchev–Trinajstić information content (AvgIpc) is 3.11. The van der Waals surface area contributed by atoms with Crippen LogP contribution in [0.2, 0.25) is 5.02 Å². The van der Waals surface area contributed by atoms with E-state index in [2.05, 4.69) is 10.6 Å². The Morgan fingerprint density at radius 1 is 0.946 bits per heavy atom. The molecule has 1 aliphatic rings. The van der Waals surface area contributed by atoms with E-state index in [1.165, 1.54) is 6.08 Å². The molecular formula is C27H22ClN3O5S. The number of amides is 4. The van der Waals surface area contributed by atoms with Crippen LogP contribution in [-0.2, 0) is 14.4 Å². The second-order valence-corrected chi connectivity index (χ2v) is 9.50. The van der Waals surface area contributed by atoms with Crippen molar-refractivity contribution < 1.29 is 23.9 Å². The number of halogens is 1. The number of thioether (sulfide) groups is 1. The van der Waals surface area contributed by atoms with E-state index < -0.39 is 23.6 Å². The topological polar surface area (TPSA) is 105 Å². The fraction of sp³-hybridized carbons (Fsp3) is 0.111. The first kappa shape index (κ1) is 26.0. The molecular weight excluding hydrogens is 514 g/mol. The SMILES string of the molecule is Cc1cccc(NC(=O)COc2ccc(Cl)cc2/C=C2\SC(=O)N(CC(=O)Nc3ccccc3)C2=O)c1. The predicted molar refractivity (Wildman–Crippen MR) is 145 cm³/mol. The predicted octanol–water partition coefficient (Wildman–Crippen LogP) is 5.34. The van der Waals surface area contributed by atoms with Crippen LogP contribution in [0.5, 0.6) is 5.75 Å². The summed E-state index contributed by atoms with van der Waals surface area (Å²) < 4.78 is 5.69. The fourth-order valence-corrected chi connectivity index (χ4v) is 4.48. The molecule has 37 heavy (non-hydrogen) atoms. The van der Waals surface area contributed by atoms with Crippen LogP contribution in [0, 0.1) is 6.92 Å². The maximum Gasteiger partial charge on any atom is 0.294 e. The quantitative estimate of drug-likeness (QED) is 0.377. The number of aryl methyl sites for hydroxylation is 1. The second kappa shape index (κ2) is 11.8. The Morgan fingerprint density at radius 3 is 2.43 bits per heavy atom. The van der Waals surface area contributed by atoms with Gasteiger partial charge in [0.15, 0.2) is 6.61 Å². The second-order valence-electron chi connectivity index (χ2n) is 8.07. The Labute approximate surface area is 222 Å². The van der Waals surface area contributed by atoms with Gasteiger partial charge in [-0.05, 0) is 72.8 Å². The third-order valence-electron chi connectivity index (χ3n) is 5.15. The summed E-state index contributed by atoms with van der Waals surface area (Å²) in [5.74, 6) is -1.17. The van der Waals surface area contributed by atoms with Crippen molar-refractivity contribution >= 4 is 63.8 Å². The van der Waals surface area contributed by atoms with E-state index >= 15 is 0 Å². The molecule has 4 rings (SSSR count). The van der Waals surface area contributed by atoms with E-state index in [1.54, 1.807) is 54.6 Å². The van der Waals surface area contributed by atoms with Gasteiger partial charge in [0.05, 0.1) is 4.91 Å². The number of ether oxygens (including phenoxy) is 1. The van der Waals surface area contributed by atoms with Gasteiger partial charge in [-0.3, -0.25) is 24.1 Å². The zero-order chi connectivity index (χ0) is 26.4. The minimum atomic E-state index is -0.610. The van der Waals surface area contributed by atoms with Crippen molar-refractivity contribution in [1.82, 2.24) is 4.90 Å². The Morgan fingerprint density at radius 2 is 1.68 bits per heavy atom. The highest BCUT2D eigenvalue weighted by molar-refractivity contribution is 8.18. The number of nitrogens with one attached hydrogen (secondary N) is 2. The van der Waals surface area contributed by atoms with Crippen LogP contribution in [-0.4, -0.2) is 41.0 Å². The first-order valence-corrected chi connectivity index (χ1v) is 12.4. The molecule has 0 saturated carbocycles. The van der Waals surface area contributed by atoms with Gasteiger partial charge in [0, 0.05) is 22.0 Å². The van der Waals surface area contributed by atoms with Gasteiger partial charge in [0.25, 0.3) is 17.1 Å². The molecule has 0 aromatic heterocycles. The smallest absolute Gasteiger partial charge is 0.294 e. The summed E-state index contributed by atoms with van der Waals surface area (Å²) in [5, 5.41) is 5.22. The minimum Gasteiger partial charge on any atom is -0.483 e. The number of anilines is 2. The van der Waals surface area contributed by atoms with Gasteiger partial charge in [0.2, 0.25) is 5.91 Å². The Bertz CT molecular complexity index is 1390. The van der Waals surface area contributed by atoms with Crippen LogP contribution in [0.1, 0.15) is 11.1 Å². The molecule has 0 aliphatic carbocycles. The van der Waals surface area contributed by atoms with Gasteiger partial charge in [-0.2, -0.15) is 0 Å². The number of hydrogen-bond donors (Lipinski definition) is 2. The summed E-state index contributed by atoms with van der Waals surface area (Å²) in [5.41, 5.74) is 2.62. The van der Waals surface area contributed by atoms with Crippen molar-refractivity contribution in [2.24, 2.45) is 0 Å². The summed E-state index contributed by atoms with van der Waals surface area (Å²) in [6.07, 6.45) is 1.46. The van der Waals surface area contributed by atoms with E-state index in [0.29, 0.717) is 39.5 Å². The van der Waals surface area contributed by atoms with Crippen LogP contribution < -0.4 is 15.4 Å². The zero-order valence-electron chi connectivity index (χ0n) is 19.7. The summed E-state index contributed by atoms with van der Waals surface area (Å²) in [6, 6.07) is 20.8. The van der Waals surface area contributed by atoms with E-state index in [9.17, 15) is 19.2 Å². The molecule has 2 N–H and O–H groups in total. The molecule has 0 radical (unpaired) electrons. The van der Waals surface area contributed by atoms with E-state index in [-0.39, 0.29) is 17.4 Å². The standard InChI is InChI=1S/C27H22ClN3O5S/c1-17-6-5-9-21(12-17)30-25(33)16-36-22-11-10-19(28)13-18(22)14-23-26(34)31(27(35)37-23)15-24(32)29-20-7-3-2-4-8-20/h2-14H,15-16H2,1H3,(H,29,32)(H,30,33)/b23-14-. The molecule has 0 spiro atoms. The Hall–Kier alpha value is -4.08. The van der Waals surface area contributed by atoms with Gasteiger partial charge in [-0.25, -0.2) is 0 Å². The van der Waals surface area contributed by atoms with Crippen molar-refractivity contribution in [2.75, 3.05) is 23.8 Å². The normalized spacial score (nSPS) is 14.1. The molecule has 1 aliphatic heterocycles. The fourth-order valence-electron chi connectivity index (χ4n) is 3.47. The summed E-state index contributed by atoms with van der Waals surface area (Å²) >= 11 is 6.85. The average molecular weight is 536 g/mol. The first-order valence-electron chi connectivity index (χ1n) is 11.2. The van der Waals surface area contributed by atoms with Gasteiger partial charge in [-0.15, -0.1) is 0 Å². The van der Waals surface area contributed by atoms with E-state index in [4.69, 9.17) is 16.3 Å². The molecule has 0 atom stereocenters. The van der Waals surface area contributed by atoms with Crippen molar-refractivity contribution in [3.8, 4) is 5.75 Å². The lowest BCUT2D eigenvalue weighted by atomic mass is 10.2. The molecule has 0 bridgehead atoms. The summed E-state index contributed by atoms with van der Waals surface area (Å²) in [4.78, 5) is 51.1. The number of carbonyl (C=O) groups excluding carboxylic acids is 4. The summed E-state index contributed by atoms with van der Waals surface area (Å²) in [6.45, 7) is 1.22. The lowest BCUT2D eigenvalue weighted by molar-refractivity contribution is -0.127. The Balaban J connectivity index is 1.43. The zero-order valence-corrected chi connectivity index (χ0v) is 21.3. The number of imide groups is 1. The lowest BCUT2D eigenvalue weighted by Crippen LogP contribution is -2.36. The number of nitrogens with zero attached hydrogens (tertiary/aromatic N) is 1. The van der Waals surface area contributed by atoms with Gasteiger partial charge < -0.3 is 15.4 Å². The molecule has 3 aromatic rings. The number of para-hydroxylation sites is 1. The third kappa shape index (κ3) is 6.99. The number of benzene rings is 3. The molecule has 1 saturated heterocycles. The van der Waals surface area contributed by atoms with Crippen molar-refractivity contribution in [3.05, 3.63) is 93.9 Å². The summed E-state index contributed by atoms with van der Waals surface area (Å²) in [7, 11) is 0. The van der Waals surface area contributed by atoms with Crippen molar-refractivity contribution in [3.63, 3.8) is 0 Å². The van der Waals surface area contributed by atoms with Gasteiger partial charge >= 0.3 is 0 Å². The highest BCUT2D eigenvalue weighted by atomic mass is 35.5. The number of hydrogen-bond acceptors (Lipinski definition) is 6. The maximum atomic E-state index is 12.9. The molecule has 1 heterocycles. The first-order chi connectivity index (χ1) is 17.8. The van der Waals surface area contributed by atoms with Crippen LogP contribution in [0.15, 0.2) is 77.7 Å².